The number of carbonyl (C=O) groups excluding carboxylic acids is 5. The van der Waals surface area contributed by atoms with E-state index in [0.717, 1.165) is 25.7 Å². The molecule has 1 aromatic rings. The summed E-state index contributed by atoms with van der Waals surface area (Å²) in [5.41, 5.74) is 3.22. The van der Waals surface area contributed by atoms with Gasteiger partial charge in [0, 0.05) is 16.8 Å². The van der Waals surface area contributed by atoms with Crippen LogP contribution >= 0.6 is 15.9 Å². The van der Waals surface area contributed by atoms with Gasteiger partial charge in [0.05, 0.1) is 23.3 Å². The molecule has 0 aromatic heterocycles. The van der Waals surface area contributed by atoms with E-state index < -0.39 is 75.5 Å². The van der Waals surface area contributed by atoms with Gasteiger partial charge in [-0.05, 0) is 45.0 Å². The second kappa shape index (κ2) is 10.6. The second-order valence-electron chi connectivity index (χ2n) is 11.9. The van der Waals surface area contributed by atoms with E-state index in [1.807, 2.05) is 0 Å². The molecule has 3 unspecified atom stereocenters. The van der Waals surface area contributed by atoms with Gasteiger partial charge in [0.15, 0.2) is 23.0 Å². The highest BCUT2D eigenvalue weighted by Crippen LogP contribution is 2.53. The first-order valence-corrected chi connectivity index (χ1v) is 14.8. The summed E-state index contributed by atoms with van der Waals surface area (Å²) in [6.45, 7) is 0. The summed E-state index contributed by atoms with van der Waals surface area (Å²) in [4.78, 5) is 68.8. The largest absolute Gasteiger partial charge is 0.507 e. The average molecular weight is 620 g/mol. The van der Waals surface area contributed by atoms with Crippen molar-refractivity contribution in [2.75, 3.05) is 14.1 Å². The molecule has 1 aromatic carbocycles. The Kier molecular flexibility index (Phi) is 7.69. The first kappa shape index (κ1) is 28.9. The zero-order chi connectivity index (χ0) is 29.1. The van der Waals surface area contributed by atoms with E-state index in [4.69, 9.17) is 10.5 Å². The Balaban J connectivity index is 1.68. The Bertz CT molecular complexity index is 1260. The smallest absolute Gasteiger partial charge is 0.309 e. The first-order valence-electron chi connectivity index (χ1n) is 13.9. The molecule has 0 aliphatic heterocycles. The number of phenolic OH excluding ortho intramolecular Hbond substituents is 1. The molecule has 4 aliphatic carbocycles. The molecule has 11 heteroatoms. The van der Waals surface area contributed by atoms with Crippen LogP contribution in [0.15, 0.2) is 18.2 Å². The van der Waals surface area contributed by atoms with E-state index in [1.54, 1.807) is 31.1 Å². The molecule has 0 spiro atoms. The molecule has 40 heavy (non-hydrogen) atoms. The minimum atomic E-state index is -2.81. The molecule has 4 aliphatic rings. The number of halogens is 1. The average Bonchev–Trinajstić information content (AvgIpc) is 3.17. The molecular weight excluding hydrogens is 584 g/mol. The number of phenols is 1. The van der Waals surface area contributed by atoms with Gasteiger partial charge in [0.2, 0.25) is 5.91 Å². The fraction of sp³-hybridized carbons (Fsp3) is 0.621. The molecule has 0 saturated heterocycles. The molecular formula is C29H35BrN2O8. The van der Waals surface area contributed by atoms with Crippen molar-refractivity contribution in [3.8, 4) is 5.75 Å². The summed E-state index contributed by atoms with van der Waals surface area (Å²) in [6, 6.07) is 3.76. The Morgan fingerprint density at radius 3 is 2.33 bits per heavy atom. The third kappa shape index (κ3) is 4.32. The summed E-state index contributed by atoms with van der Waals surface area (Å²) >= 11 is 3.46. The van der Waals surface area contributed by atoms with E-state index in [0.29, 0.717) is 18.4 Å². The number of rotatable bonds is 4. The van der Waals surface area contributed by atoms with E-state index in [1.165, 1.54) is 6.07 Å². The zero-order valence-corrected chi connectivity index (χ0v) is 24.1. The van der Waals surface area contributed by atoms with Crippen LogP contribution < -0.4 is 5.73 Å². The number of hydrogen-bond acceptors (Lipinski definition) is 9. The van der Waals surface area contributed by atoms with Gasteiger partial charge in [-0.1, -0.05) is 53.7 Å². The predicted molar refractivity (Wildman–Crippen MR) is 146 cm³/mol. The SMILES string of the molecule is CN(C)[C@H]1C(Br)C(C(N)=O)C(=O)[C@]2(O)C(=O)C3C(=O)c4c(O)cccc4C[C@@H]3[C@@H](OC(=O)C3CCCCCC3)[C@H]12. The van der Waals surface area contributed by atoms with Crippen LogP contribution in [0.3, 0.4) is 0 Å². The van der Waals surface area contributed by atoms with Gasteiger partial charge in [-0.3, -0.25) is 24.0 Å². The van der Waals surface area contributed by atoms with Crippen molar-refractivity contribution < 1.29 is 38.9 Å². The van der Waals surface area contributed by atoms with Crippen LogP contribution in [-0.4, -0.2) is 81.0 Å². The molecule has 8 atom stereocenters. The van der Waals surface area contributed by atoms with Gasteiger partial charge in [-0.2, -0.15) is 0 Å². The van der Waals surface area contributed by atoms with Gasteiger partial charge in [-0.15, -0.1) is 0 Å². The number of nitrogens with two attached hydrogens (primary N) is 1. The molecule has 0 radical (unpaired) electrons. The van der Waals surface area contributed by atoms with Crippen LogP contribution in [0.25, 0.3) is 0 Å². The van der Waals surface area contributed by atoms with Crippen molar-refractivity contribution >= 4 is 45.2 Å². The van der Waals surface area contributed by atoms with Crippen molar-refractivity contribution in [2.24, 2.45) is 35.3 Å². The van der Waals surface area contributed by atoms with Crippen LogP contribution in [-0.2, 0) is 30.3 Å². The quantitative estimate of drug-likeness (QED) is 0.196. The zero-order valence-electron chi connectivity index (χ0n) is 22.5. The number of hydrogen-bond donors (Lipinski definition) is 3. The van der Waals surface area contributed by atoms with Gasteiger partial charge >= 0.3 is 5.97 Å². The highest BCUT2D eigenvalue weighted by atomic mass is 79.9. The number of esters is 1. The molecule has 3 fully saturated rings. The van der Waals surface area contributed by atoms with Crippen molar-refractivity contribution in [1.82, 2.24) is 4.90 Å². The molecule has 1 amide bonds. The maximum Gasteiger partial charge on any atom is 0.309 e. The lowest BCUT2D eigenvalue weighted by atomic mass is 9.51. The number of Topliss-reactive ketones (excluding diaryl/α,β-unsaturated/α-hetero) is 3. The summed E-state index contributed by atoms with van der Waals surface area (Å²) < 4.78 is 6.22. The van der Waals surface area contributed by atoms with Gasteiger partial charge < -0.3 is 25.6 Å². The molecule has 4 N–H and O–H groups in total. The minimum absolute atomic E-state index is 0.0507. The highest BCUT2D eigenvalue weighted by molar-refractivity contribution is 9.09. The van der Waals surface area contributed by atoms with E-state index >= 15 is 0 Å². The molecule has 0 heterocycles. The third-order valence-electron chi connectivity index (χ3n) is 9.47. The Hall–Kier alpha value is -2.63. The van der Waals surface area contributed by atoms with Crippen LogP contribution in [0.4, 0.5) is 0 Å². The van der Waals surface area contributed by atoms with Gasteiger partial charge in [-0.25, -0.2) is 0 Å². The van der Waals surface area contributed by atoms with Crippen LogP contribution in [0.2, 0.25) is 0 Å². The third-order valence-corrected chi connectivity index (χ3v) is 10.5. The summed E-state index contributed by atoms with van der Waals surface area (Å²) in [5, 5.41) is 22.6. The maximum absolute atomic E-state index is 14.2. The monoisotopic (exact) mass is 618 g/mol. The van der Waals surface area contributed by atoms with Crippen molar-refractivity contribution in [1.29, 1.82) is 0 Å². The van der Waals surface area contributed by atoms with Crippen molar-refractivity contribution in [3.63, 3.8) is 0 Å². The van der Waals surface area contributed by atoms with Crippen LogP contribution in [0.5, 0.6) is 5.75 Å². The fourth-order valence-corrected chi connectivity index (χ4v) is 8.89. The van der Waals surface area contributed by atoms with Crippen molar-refractivity contribution in [3.05, 3.63) is 29.3 Å². The summed E-state index contributed by atoms with van der Waals surface area (Å²) in [5.74, 6) is -10.4. The molecule has 216 valence electrons. The number of amides is 1. The van der Waals surface area contributed by atoms with Crippen LogP contribution in [0, 0.1) is 29.6 Å². The lowest BCUT2D eigenvalue weighted by Crippen LogP contribution is -2.78. The van der Waals surface area contributed by atoms with E-state index in [-0.39, 0.29) is 23.7 Å². The number of ketones is 3. The number of carbonyl (C=O) groups is 5. The number of alkyl halides is 1. The Labute approximate surface area is 240 Å². The fourth-order valence-electron chi connectivity index (χ4n) is 7.59. The molecule has 5 rings (SSSR count). The summed E-state index contributed by atoms with van der Waals surface area (Å²) in [7, 11) is 3.35. The number of ether oxygens (including phenoxy) is 1. The second-order valence-corrected chi connectivity index (χ2v) is 13.0. The lowest BCUT2D eigenvalue weighted by Gasteiger charge is -2.57. The van der Waals surface area contributed by atoms with E-state index in [9.17, 15) is 34.2 Å². The van der Waals surface area contributed by atoms with Gasteiger partial charge in [0.25, 0.3) is 0 Å². The van der Waals surface area contributed by atoms with Crippen LogP contribution in [0.1, 0.15) is 54.4 Å². The number of aliphatic hydroxyl groups is 1. The Morgan fingerprint density at radius 1 is 1.07 bits per heavy atom. The van der Waals surface area contributed by atoms with Gasteiger partial charge in [0.1, 0.15) is 17.8 Å². The number of nitrogens with zero attached hydrogens (tertiary/aromatic N) is 1. The number of fused-ring (bicyclic) bond motifs is 3. The number of benzene rings is 1. The Morgan fingerprint density at radius 2 is 1.73 bits per heavy atom. The molecule has 10 nitrogen and oxygen atoms in total. The summed E-state index contributed by atoms with van der Waals surface area (Å²) in [6.07, 6.45) is 3.97. The predicted octanol–water partition coefficient (Wildman–Crippen LogP) is 1.55. The normalized spacial score (nSPS) is 36.3. The molecule has 0 bridgehead atoms. The maximum atomic E-state index is 14.2. The first-order chi connectivity index (χ1) is 18.9. The van der Waals surface area contributed by atoms with E-state index in [2.05, 4.69) is 15.9 Å². The van der Waals surface area contributed by atoms with Crippen molar-refractivity contribution in [2.45, 2.75) is 67.5 Å². The minimum Gasteiger partial charge on any atom is -0.507 e. The topological polar surface area (TPSA) is 164 Å². The molecule has 3 saturated carbocycles. The lowest BCUT2D eigenvalue weighted by molar-refractivity contribution is -0.205. The highest BCUT2D eigenvalue weighted by Gasteiger charge is 2.72. The number of aromatic hydroxyl groups is 1. The number of primary amides is 1. The standard InChI is InChI=1S/C29H35BrN2O8/c1-32(2)22-20-24(40-28(38)13-8-5-3-4-6-9-13)15-12-14-10-7-11-16(33)17(14)23(34)18(15)25(35)29(20,39)26(36)19(21(22)30)27(31)37/h7,10-11,13,15,18-22,24,33,39H,3-6,8-9,12H2,1-2H3,(H2,31,37)/t15-,18?,19?,20-,21?,22+,24+,29+/m0/s1.